The molecule has 11 heteroatoms. The molecule has 5 aromatic rings. The van der Waals surface area contributed by atoms with E-state index in [2.05, 4.69) is 30.8 Å². The zero-order chi connectivity index (χ0) is 27.5. The number of carbonyl (C=O) groups is 1. The number of nitrogens with one attached hydrogen (secondary N) is 1. The number of hydrogen-bond donors (Lipinski definition) is 2. The van der Waals surface area contributed by atoms with E-state index in [0.29, 0.717) is 48.2 Å². The van der Waals surface area contributed by atoms with Gasteiger partial charge < -0.3 is 14.9 Å². The van der Waals surface area contributed by atoms with Gasteiger partial charge in [-0.3, -0.25) is 9.78 Å². The average molecular weight is 540 g/mol. The van der Waals surface area contributed by atoms with Gasteiger partial charge in [-0.15, -0.1) is 5.10 Å². The van der Waals surface area contributed by atoms with Crippen molar-refractivity contribution in [1.82, 2.24) is 35.4 Å². The maximum absolute atomic E-state index is 14.7. The van der Waals surface area contributed by atoms with Crippen LogP contribution in [0.2, 0.25) is 0 Å². The van der Waals surface area contributed by atoms with Crippen LogP contribution < -0.4 is 5.32 Å². The Morgan fingerprint density at radius 2 is 1.75 bits per heavy atom. The maximum atomic E-state index is 14.7. The van der Waals surface area contributed by atoms with E-state index in [0.717, 1.165) is 24.0 Å². The topological polar surface area (TPSA) is 132 Å². The molecule has 0 amide bonds. The molecule has 0 aliphatic heterocycles. The van der Waals surface area contributed by atoms with Crippen molar-refractivity contribution >= 4 is 5.97 Å². The Hall–Kier alpha value is -4.77. The van der Waals surface area contributed by atoms with Crippen LogP contribution in [0.25, 0.3) is 39.9 Å². The summed E-state index contributed by atoms with van der Waals surface area (Å²) < 4.78 is 21.7. The summed E-state index contributed by atoms with van der Waals surface area (Å²) in [5.74, 6) is -0.804. The summed E-state index contributed by atoms with van der Waals surface area (Å²) in [6.07, 6.45) is 6.42. The van der Waals surface area contributed by atoms with Crippen LogP contribution >= 0.6 is 0 Å². The minimum atomic E-state index is -0.693. The van der Waals surface area contributed by atoms with E-state index < -0.39 is 11.8 Å². The van der Waals surface area contributed by atoms with Crippen molar-refractivity contribution < 1.29 is 18.8 Å². The number of halogens is 1. The van der Waals surface area contributed by atoms with Crippen LogP contribution in [0.1, 0.15) is 31.2 Å². The number of carboxylic acid groups (broad SMARTS) is 1. The fourth-order valence-electron chi connectivity index (χ4n) is 5.00. The lowest BCUT2D eigenvalue weighted by Gasteiger charge is -2.27. The highest BCUT2D eigenvalue weighted by Gasteiger charge is 2.26. The zero-order valence-corrected chi connectivity index (χ0v) is 21.4. The van der Waals surface area contributed by atoms with Crippen LogP contribution in [-0.2, 0) is 11.3 Å². The molecule has 2 N–H and O–H groups in total. The van der Waals surface area contributed by atoms with Gasteiger partial charge in [0.25, 0.3) is 5.89 Å². The summed E-state index contributed by atoms with van der Waals surface area (Å²) >= 11 is 0. The molecule has 0 saturated heterocycles. The zero-order valence-electron chi connectivity index (χ0n) is 21.4. The highest BCUT2D eigenvalue weighted by atomic mass is 19.1. The van der Waals surface area contributed by atoms with Gasteiger partial charge in [-0.05, 0) is 55.5 Å². The summed E-state index contributed by atoms with van der Waals surface area (Å²) in [7, 11) is 0. The Kier molecular flexibility index (Phi) is 7.11. The third-order valence-corrected chi connectivity index (χ3v) is 7.22. The Morgan fingerprint density at radius 3 is 2.48 bits per heavy atom. The summed E-state index contributed by atoms with van der Waals surface area (Å²) in [6, 6.07) is 18.0. The number of aromatic nitrogens is 6. The normalized spacial score (nSPS) is 17.1. The summed E-state index contributed by atoms with van der Waals surface area (Å²) in [4.78, 5) is 19.8. The van der Waals surface area contributed by atoms with E-state index in [1.165, 1.54) is 10.7 Å². The van der Waals surface area contributed by atoms with Crippen LogP contribution in [0.4, 0.5) is 4.39 Å². The summed E-state index contributed by atoms with van der Waals surface area (Å²) in [5.41, 5.74) is 3.65. The number of benzene rings is 2. The molecule has 2 aromatic carbocycles. The summed E-state index contributed by atoms with van der Waals surface area (Å²) in [5, 5.41) is 25.3. The summed E-state index contributed by atoms with van der Waals surface area (Å²) in [6.45, 7) is 0.689. The minimum Gasteiger partial charge on any atom is -0.481 e. The number of rotatable bonds is 8. The minimum absolute atomic E-state index is 0.159. The molecule has 1 aliphatic carbocycles. The molecule has 3 heterocycles. The van der Waals surface area contributed by atoms with Crippen LogP contribution in [0, 0.1) is 11.7 Å². The number of carboxylic acids is 1. The first-order chi connectivity index (χ1) is 19.6. The van der Waals surface area contributed by atoms with Gasteiger partial charge >= 0.3 is 5.97 Å². The lowest BCUT2D eigenvalue weighted by Crippen LogP contribution is -2.34. The largest absolute Gasteiger partial charge is 0.481 e. The molecule has 1 saturated carbocycles. The van der Waals surface area contributed by atoms with Crippen molar-refractivity contribution in [2.45, 2.75) is 38.3 Å². The fourth-order valence-corrected chi connectivity index (χ4v) is 5.00. The number of para-hydroxylation sites is 1. The van der Waals surface area contributed by atoms with E-state index in [1.54, 1.807) is 42.7 Å². The monoisotopic (exact) mass is 539 g/mol. The van der Waals surface area contributed by atoms with Gasteiger partial charge in [0.1, 0.15) is 17.2 Å². The molecule has 6 rings (SSSR count). The van der Waals surface area contributed by atoms with Crippen molar-refractivity contribution in [3.8, 4) is 39.9 Å². The molecular formula is C29H26FN7O3. The Labute approximate surface area is 228 Å². The van der Waals surface area contributed by atoms with Crippen molar-refractivity contribution in [3.63, 3.8) is 0 Å². The lowest BCUT2D eigenvalue weighted by atomic mass is 9.86. The number of pyridine rings is 1. The molecule has 0 radical (unpaired) electrons. The van der Waals surface area contributed by atoms with Crippen LogP contribution in [-0.4, -0.2) is 47.2 Å². The van der Waals surface area contributed by atoms with E-state index >= 15 is 0 Å². The molecule has 0 bridgehead atoms. The first kappa shape index (κ1) is 25.5. The molecule has 3 aromatic heterocycles. The van der Waals surface area contributed by atoms with Crippen LogP contribution in [0.15, 0.2) is 77.6 Å². The number of hydrogen-bond acceptors (Lipinski definition) is 8. The quantitative estimate of drug-likeness (QED) is 0.282. The SMILES string of the molecule is O=C(O)C1CCC(NCc2ccc(-c3noc(-c4nnn(-c5ccccc5F)c4-c4ccncc4)n3)cc2)CC1. The predicted octanol–water partition coefficient (Wildman–Crippen LogP) is 4.92. The fraction of sp³-hybridized carbons (Fsp3) is 0.241. The second kappa shape index (κ2) is 11.1. The van der Waals surface area contributed by atoms with Crippen LogP contribution in [0.5, 0.6) is 0 Å². The Morgan fingerprint density at radius 1 is 1.00 bits per heavy atom. The first-order valence-electron chi connectivity index (χ1n) is 13.1. The average Bonchev–Trinajstić information content (AvgIpc) is 3.65. The molecule has 0 spiro atoms. The van der Waals surface area contributed by atoms with Crippen molar-refractivity contribution in [2.75, 3.05) is 0 Å². The van der Waals surface area contributed by atoms with Gasteiger partial charge in [-0.25, -0.2) is 9.07 Å². The number of aliphatic carboxylic acids is 1. The Balaban J connectivity index is 1.21. The maximum Gasteiger partial charge on any atom is 0.306 e. The van der Waals surface area contributed by atoms with Gasteiger partial charge in [-0.1, -0.05) is 46.8 Å². The second-order valence-electron chi connectivity index (χ2n) is 9.77. The van der Waals surface area contributed by atoms with Gasteiger partial charge in [0.2, 0.25) is 5.82 Å². The molecule has 202 valence electrons. The molecule has 0 unspecified atom stereocenters. The van der Waals surface area contributed by atoms with Crippen LogP contribution in [0.3, 0.4) is 0 Å². The first-order valence-corrected chi connectivity index (χ1v) is 13.1. The van der Waals surface area contributed by atoms with E-state index in [-0.39, 0.29) is 17.5 Å². The van der Waals surface area contributed by atoms with Gasteiger partial charge in [-0.2, -0.15) is 4.98 Å². The van der Waals surface area contributed by atoms with Crippen molar-refractivity contribution in [1.29, 1.82) is 0 Å². The molecule has 40 heavy (non-hydrogen) atoms. The molecule has 0 atom stereocenters. The smallest absolute Gasteiger partial charge is 0.306 e. The van der Waals surface area contributed by atoms with E-state index in [9.17, 15) is 14.3 Å². The molecular weight excluding hydrogens is 513 g/mol. The lowest BCUT2D eigenvalue weighted by molar-refractivity contribution is -0.142. The van der Waals surface area contributed by atoms with Gasteiger partial charge in [0.15, 0.2) is 5.69 Å². The van der Waals surface area contributed by atoms with E-state index in [1.807, 2.05) is 24.3 Å². The standard InChI is InChI=1S/C29H26FN7O3/c30-23-3-1-2-4-24(23)37-26(19-13-15-31-16-14-19)25(34-36-37)28-33-27(35-40-28)20-7-5-18(6-8-20)17-32-22-11-9-21(10-12-22)29(38)39/h1-8,13-16,21-22,32H,9-12,17H2,(H,38,39). The highest BCUT2D eigenvalue weighted by Crippen LogP contribution is 2.33. The molecule has 10 nitrogen and oxygen atoms in total. The Bertz CT molecular complexity index is 1610. The molecule has 1 aliphatic rings. The third-order valence-electron chi connectivity index (χ3n) is 7.22. The van der Waals surface area contributed by atoms with Gasteiger partial charge in [0.05, 0.1) is 5.92 Å². The van der Waals surface area contributed by atoms with Crippen molar-refractivity contribution in [2.24, 2.45) is 5.92 Å². The highest BCUT2D eigenvalue weighted by molar-refractivity contribution is 5.76. The van der Waals surface area contributed by atoms with E-state index in [4.69, 9.17) is 4.52 Å². The second-order valence-corrected chi connectivity index (χ2v) is 9.77. The third kappa shape index (κ3) is 5.23. The predicted molar refractivity (Wildman–Crippen MR) is 143 cm³/mol. The van der Waals surface area contributed by atoms with Gasteiger partial charge in [0, 0.05) is 36.1 Å². The molecule has 1 fully saturated rings. The number of nitrogens with zero attached hydrogens (tertiary/aromatic N) is 6. The van der Waals surface area contributed by atoms with Crippen molar-refractivity contribution in [3.05, 3.63) is 84.4 Å².